The maximum absolute atomic E-state index is 12.8. The molecule has 1 atom stereocenters. The molecule has 2 N–H and O–H groups in total. The Morgan fingerprint density at radius 2 is 2.24 bits per heavy atom. The van der Waals surface area contributed by atoms with Crippen LogP contribution in [0.15, 0.2) is 11.1 Å². The van der Waals surface area contributed by atoms with Crippen molar-refractivity contribution in [2.75, 3.05) is 13.1 Å². The van der Waals surface area contributed by atoms with Crippen molar-refractivity contribution in [3.63, 3.8) is 0 Å². The van der Waals surface area contributed by atoms with Crippen molar-refractivity contribution < 1.29 is 4.79 Å². The predicted molar refractivity (Wildman–Crippen MR) is 102 cm³/mol. The highest BCUT2D eigenvalue weighted by Gasteiger charge is 2.20. The van der Waals surface area contributed by atoms with E-state index in [1.807, 2.05) is 0 Å². The van der Waals surface area contributed by atoms with Crippen LogP contribution in [-0.2, 0) is 24.2 Å². The normalized spacial score (nSPS) is 19.4. The number of thiophene rings is 1. The van der Waals surface area contributed by atoms with Crippen molar-refractivity contribution in [1.29, 1.82) is 0 Å². The first-order chi connectivity index (χ1) is 11.7. The summed E-state index contributed by atoms with van der Waals surface area (Å²) < 4.78 is 1.59. The summed E-state index contributed by atoms with van der Waals surface area (Å²) in [6, 6.07) is 0.221. The molecule has 0 saturated carbocycles. The number of nitrogens with zero attached hydrogens (tertiary/aromatic N) is 2. The molecule has 2 aromatic rings. The number of carbonyl (C=O) groups is 1. The molecule has 136 valence electrons. The molecule has 8 heteroatoms. The zero-order valence-corrected chi connectivity index (χ0v) is 15.7. The number of aryl methyl sites for hydroxylation is 3. The zero-order chi connectivity index (χ0) is 16.5. The van der Waals surface area contributed by atoms with E-state index < -0.39 is 0 Å². The van der Waals surface area contributed by atoms with E-state index in [-0.39, 0.29) is 29.9 Å². The van der Waals surface area contributed by atoms with E-state index in [0.717, 1.165) is 49.0 Å². The lowest BCUT2D eigenvalue weighted by Gasteiger charge is -2.12. The number of amides is 1. The van der Waals surface area contributed by atoms with Gasteiger partial charge in [0.2, 0.25) is 5.91 Å². The fraction of sp³-hybridized carbons (Fsp3) is 0.588. The highest BCUT2D eigenvalue weighted by Crippen LogP contribution is 2.33. The van der Waals surface area contributed by atoms with Gasteiger partial charge in [-0.15, -0.1) is 23.7 Å². The third-order valence-electron chi connectivity index (χ3n) is 4.95. The molecule has 6 nitrogen and oxygen atoms in total. The van der Waals surface area contributed by atoms with Crippen molar-refractivity contribution in [3.8, 4) is 0 Å². The number of aromatic nitrogens is 2. The van der Waals surface area contributed by atoms with Crippen LogP contribution in [0.25, 0.3) is 10.2 Å². The van der Waals surface area contributed by atoms with Gasteiger partial charge in [0.25, 0.3) is 5.56 Å². The fourth-order valence-corrected chi connectivity index (χ4v) is 4.86. The molecule has 1 aliphatic heterocycles. The van der Waals surface area contributed by atoms with Crippen LogP contribution in [0, 0.1) is 0 Å². The summed E-state index contributed by atoms with van der Waals surface area (Å²) in [6.45, 7) is 2.17. The number of nitrogens with one attached hydrogen (secondary N) is 2. The Hall–Kier alpha value is -1.44. The Balaban J connectivity index is 0.00000182. The second-order valence-corrected chi connectivity index (χ2v) is 7.73. The van der Waals surface area contributed by atoms with E-state index in [1.165, 1.54) is 16.9 Å². The lowest BCUT2D eigenvalue weighted by molar-refractivity contribution is -0.121. The molecule has 1 unspecified atom stereocenters. The van der Waals surface area contributed by atoms with Gasteiger partial charge in [-0.05, 0) is 44.2 Å². The molecule has 2 aromatic heterocycles. The second kappa shape index (κ2) is 7.85. The van der Waals surface area contributed by atoms with Gasteiger partial charge in [0.15, 0.2) is 0 Å². The van der Waals surface area contributed by atoms with Crippen molar-refractivity contribution >= 4 is 39.9 Å². The first-order valence-corrected chi connectivity index (χ1v) is 9.54. The summed E-state index contributed by atoms with van der Waals surface area (Å²) in [5.41, 5.74) is 1.21. The molecule has 1 amide bonds. The smallest absolute Gasteiger partial charge is 0.262 e. The van der Waals surface area contributed by atoms with Gasteiger partial charge < -0.3 is 10.6 Å². The van der Waals surface area contributed by atoms with Gasteiger partial charge in [-0.1, -0.05) is 0 Å². The van der Waals surface area contributed by atoms with Crippen LogP contribution in [0.1, 0.15) is 36.1 Å². The minimum atomic E-state index is 0. The predicted octanol–water partition coefficient (Wildman–Crippen LogP) is 1.63. The molecule has 2 aliphatic rings. The van der Waals surface area contributed by atoms with Crippen LogP contribution in [-0.4, -0.2) is 34.6 Å². The molecule has 0 aromatic carbocycles. The summed E-state index contributed by atoms with van der Waals surface area (Å²) in [5, 5.41) is 7.03. The summed E-state index contributed by atoms with van der Waals surface area (Å²) in [7, 11) is 0. The number of carbonyl (C=O) groups excluding carboxylic acids is 1. The van der Waals surface area contributed by atoms with Crippen molar-refractivity contribution in [3.05, 3.63) is 27.1 Å². The van der Waals surface area contributed by atoms with Crippen LogP contribution in [0.3, 0.4) is 0 Å². The first-order valence-electron chi connectivity index (χ1n) is 8.72. The van der Waals surface area contributed by atoms with Crippen LogP contribution in [0.5, 0.6) is 0 Å². The molecule has 3 heterocycles. The number of rotatable bonds is 4. The second-order valence-electron chi connectivity index (χ2n) is 6.64. The first kappa shape index (κ1) is 18.4. The van der Waals surface area contributed by atoms with E-state index in [1.54, 1.807) is 22.2 Å². The number of hydrogen-bond acceptors (Lipinski definition) is 5. The van der Waals surface area contributed by atoms with Crippen LogP contribution >= 0.6 is 23.7 Å². The Morgan fingerprint density at radius 1 is 1.40 bits per heavy atom. The van der Waals surface area contributed by atoms with Crippen molar-refractivity contribution in [2.24, 2.45) is 0 Å². The largest absolute Gasteiger partial charge is 0.352 e. The minimum Gasteiger partial charge on any atom is -0.352 e. The molecule has 25 heavy (non-hydrogen) atoms. The third kappa shape index (κ3) is 3.73. The molecule has 0 bridgehead atoms. The lowest BCUT2D eigenvalue weighted by Crippen LogP contribution is -2.37. The molecular weight excluding hydrogens is 360 g/mol. The van der Waals surface area contributed by atoms with Crippen LogP contribution in [0.4, 0.5) is 0 Å². The van der Waals surface area contributed by atoms with Gasteiger partial charge in [-0.3, -0.25) is 14.2 Å². The lowest BCUT2D eigenvalue weighted by atomic mass is 9.97. The molecule has 1 aliphatic carbocycles. The molecule has 4 rings (SSSR count). The average Bonchev–Trinajstić information content (AvgIpc) is 3.21. The highest BCUT2D eigenvalue weighted by atomic mass is 35.5. The summed E-state index contributed by atoms with van der Waals surface area (Å²) in [5.74, 6) is 0.00282. The quantitative estimate of drug-likeness (QED) is 0.842. The van der Waals surface area contributed by atoms with E-state index in [0.29, 0.717) is 13.0 Å². The molecule has 0 radical (unpaired) electrons. The molecule has 1 saturated heterocycles. The topological polar surface area (TPSA) is 76.0 Å². The Bertz CT molecular complexity index is 826. The maximum Gasteiger partial charge on any atom is 0.262 e. The highest BCUT2D eigenvalue weighted by molar-refractivity contribution is 7.18. The van der Waals surface area contributed by atoms with Gasteiger partial charge in [0, 0.05) is 30.4 Å². The number of halogens is 1. The average molecular weight is 383 g/mol. The molecular formula is C17H23ClN4O2S. The summed E-state index contributed by atoms with van der Waals surface area (Å²) in [6.07, 6.45) is 7.27. The van der Waals surface area contributed by atoms with E-state index in [2.05, 4.69) is 15.6 Å². The fourth-order valence-electron chi connectivity index (χ4n) is 3.64. The summed E-state index contributed by atoms with van der Waals surface area (Å²) in [4.78, 5) is 31.5. The molecule has 0 spiro atoms. The van der Waals surface area contributed by atoms with E-state index in [9.17, 15) is 9.59 Å². The maximum atomic E-state index is 12.8. The minimum absolute atomic E-state index is 0. The Kier molecular flexibility index (Phi) is 5.76. The third-order valence-corrected chi connectivity index (χ3v) is 6.15. The SMILES string of the molecule is Cl.O=C(CCn1cnc2sc3c(c2c1=O)CCCC3)NC1CCNC1. The van der Waals surface area contributed by atoms with Crippen LogP contribution < -0.4 is 16.2 Å². The van der Waals surface area contributed by atoms with Crippen LogP contribution in [0.2, 0.25) is 0 Å². The van der Waals surface area contributed by atoms with Crippen molar-refractivity contribution in [1.82, 2.24) is 20.2 Å². The number of hydrogen-bond donors (Lipinski definition) is 2. The van der Waals surface area contributed by atoms with E-state index >= 15 is 0 Å². The van der Waals surface area contributed by atoms with Gasteiger partial charge >= 0.3 is 0 Å². The standard InChI is InChI=1S/C17H22N4O2S.ClH/c22-14(20-11-5-7-18-9-11)6-8-21-10-19-16-15(17(21)23)12-3-1-2-4-13(12)24-16;/h10-11,18H,1-9H2,(H,20,22);1H. The van der Waals surface area contributed by atoms with Gasteiger partial charge in [-0.2, -0.15) is 0 Å². The van der Waals surface area contributed by atoms with E-state index in [4.69, 9.17) is 0 Å². The van der Waals surface area contributed by atoms with Gasteiger partial charge in [0.1, 0.15) is 4.83 Å². The molecule has 1 fully saturated rings. The Morgan fingerprint density at radius 3 is 3.04 bits per heavy atom. The monoisotopic (exact) mass is 382 g/mol. The van der Waals surface area contributed by atoms with Gasteiger partial charge in [0.05, 0.1) is 11.7 Å². The summed E-state index contributed by atoms with van der Waals surface area (Å²) >= 11 is 1.66. The Labute approximate surface area is 156 Å². The zero-order valence-electron chi connectivity index (χ0n) is 14.0. The van der Waals surface area contributed by atoms with Gasteiger partial charge in [-0.25, -0.2) is 4.98 Å². The van der Waals surface area contributed by atoms with Crippen molar-refractivity contribution in [2.45, 2.75) is 51.1 Å². The number of fused-ring (bicyclic) bond motifs is 3.